The molecule has 0 unspecified atom stereocenters. The number of nitrogens with two attached hydrogens (primary N) is 2. The lowest BCUT2D eigenvalue weighted by molar-refractivity contribution is -0.120. The number of hydrogen-bond donors (Lipinski definition) is 3. The lowest BCUT2D eigenvalue weighted by Crippen LogP contribution is -2.47. The molecule has 0 aliphatic carbocycles. The van der Waals surface area contributed by atoms with Crippen molar-refractivity contribution >= 4 is 46.2 Å². The summed E-state index contributed by atoms with van der Waals surface area (Å²) < 4.78 is 5.30. The van der Waals surface area contributed by atoms with E-state index in [2.05, 4.69) is 5.32 Å². The Hall–Kier alpha value is -4.04. The van der Waals surface area contributed by atoms with Crippen LogP contribution >= 0.6 is 11.6 Å². The van der Waals surface area contributed by atoms with Gasteiger partial charge in [-0.15, -0.1) is 0 Å². The second-order valence-electron chi connectivity index (χ2n) is 8.11. The van der Waals surface area contributed by atoms with E-state index in [1.807, 2.05) is 42.5 Å². The number of nitrogens with zero attached hydrogens (tertiary/aromatic N) is 2. The molecule has 5 rings (SSSR count). The molecule has 172 valence electrons. The molecular weight excluding hydrogens is 454 g/mol. The zero-order chi connectivity index (χ0) is 24.0. The SMILES string of the molecule is COc1cc(N)c(Cl)cc1C(=O)N[C@@H]1N=C(c2ccccc2)c2cc(N)cc3c2N(CC3)C1=O. The van der Waals surface area contributed by atoms with Crippen molar-refractivity contribution in [2.24, 2.45) is 4.99 Å². The molecule has 0 bridgehead atoms. The van der Waals surface area contributed by atoms with Crippen LogP contribution in [0.3, 0.4) is 0 Å². The van der Waals surface area contributed by atoms with Gasteiger partial charge in [-0.2, -0.15) is 0 Å². The summed E-state index contributed by atoms with van der Waals surface area (Å²) in [6.07, 6.45) is -0.494. The smallest absolute Gasteiger partial charge is 0.272 e. The Bertz CT molecular complexity index is 1360. The van der Waals surface area contributed by atoms with E-state index in [0.717, 1.165) is 22.4 Å². The Kier molecular flexibility index (Phi) is 5.37. The average molecular weight is 476 g/mol. The summed E-state index contributed by atoms with van der Waals surface area (Å²) in [5, 5.41) is 2.96. The lowest BCUT2D eigenvalue weighted by Gasteiger charge is -2.21. The molecule has 9 heteroatoms. The summed E-state index contributed by atoms with van der Waals surface area (Å²) >= 11 is 6.14. The number of carbonyl (C=O) groups excluding carboxylic acids is 2. The monoisotopic (exact) mass is 475 g/mol. The van der Waals surface area contributed by atoms with Gasteiger partial charge in [-0.25, -0.2) is 4.99 Å². The molecule has 8 nitrogen and oxygen atoms in total. The molecule has 0 saturated heterocycles. The quantitative estimate of drug-likeness (QED) is 0.500. The number of nitrogens with one attached hydrogen (secondary N) is 1. The van der Waals surface area contributed by atoms with Gasteiger partial charge in [-0.1, -0.05) is 41.9 Å². The molecule has 1 atom stereocenters. The maximum atomic E-state index is 13.6. The highest BCUT2D eigenvalue weighted by molar-refractivity contribution is 6.33. The van der Waals surface area contributed by atoms with Crippen LogP contribution in [-0.2, 0) is 11.2 Å². The van der Waals surface area contributed by atoms with Gasteiger partial charge in [0.2, 0.25) is 6.17 Å². The lowest BCUT2D eigenvalue weighted by atomic mass is 9.97. The Morgan fingerprint density at radius 1 is 1.18 bits per heavy atom. The van der Waals surface area contributed by atoms with Crippen LogP contribution in [0, 0.1) is 0 Å². The van der Waals surface area contributed by atoms with Crippen LogP contribution in [0.5, 0.6) is 5.75 Å². The molecule has 5 N–H and O–H groups in total. The van der Waals surface area contributed by atoms with Crippen LogP contribution in [0.2, 0.25) is 5.02 Å². The number of halogens is 1. The molecule has 3 aromatic carbocycles. The van der Waals surface area contributed by atoms with E-state index in [1.165, 1.54) is 19.2 Å². The number of ether oxygens (including phenoxy) is 1. The van der Waals surface area contributed by atoms with Crippen LogP contribution in [0.25, 0.3) is 0 Å². The van der Waals surface area contributed by atoms with E-state index in [4.69, 9.17) is 32.8 Å². The van der Waals surface area contributed by atoms with Gasteiger partial charge in [0.1, 0.15) is 5.75 Å². The van der Waals surface area contributed by atoms with Crippen LogP contribution < -0.4 is 26.4 Å². The highest BCUT2D eigenvalue weighted by Gasteiger charge is 2.37. The van der Waals surface area contributed by atoms with Crippen molar-refractivity contribution in [3.05, 3.63) is 81.9 Å². The second kappa shape index (κ2) is 8.39. The molecule has 34 heavy (non-hydrogen) atoms. The van der Waals surface area contributed by atoms with Gasteiger partial charge < -0.3 is 26.4 Å². The Balaban J connectivity index is 1.62. The number of rotatable bonds is 4. The number of anilines is 3. The van der Waals surface area contributed by atoms with Crippen molar-refractivity contribution in [1.82, 2.24) is 5.32 Å². The van der Waals surface area contributed by atoms with Crippen molar-refractivity contribution in [2.45, 2.75) is 12.6 Å². The molecular formula is C25H22ClN5O3. The van der Waals surface area contributed by atoms with Crippen molar-refractivity contribution in [3.8, 4) is 5.75 Å². The predicted octanol–water partition coefficient (Wildman–Crippen LogP) is 3.01. The third-order valence-electron chi connectivity index (χ3n) is 5.98. The molecule has 0 saturated carbocycles. The minimum absolute atomic E-state index is 0.152. The van der Waals surface area contributed by atoms with E-state index in [-0.39, 0.29) is 27.9 Å². The van der Waals surface area contributed by atoms with Gasteiger partial charge in [-0.3, -0.25) is 9.59 Å². The van der Waals surface area contributed by atoms with Crippen LogP contribution in [0.4, 0.5) is 17.1 Å². The van der Waals surface area contributed by atoms with E-state index >= 15 is 0 Å². The zero-order valence-electron chi connectivity index (χ0n) is 18.3. The fourth-order valence-electron chi connectivity index (χ4n) is 4.41. The number of aliphatic imine (C=N–C) groups is 1. The van der Waals surface area contributed by atoms with Gasteiger partial charge in [0.25, 0.3) is 11.8 Å². The molecule has 3 aromatic rings. The Morgan fingerprint density at radius 2 is 1.94 bits per heavy atom. The highest BCUT2D eigenvalue weighted by Crippen LogP contribution is 2.38. The average Bonchev–Trinajstić information content (AvgIpc) is 3.21. The van der Waals surface area contributed by atoms with Gasteiger partial charge >= 0.3 is 0 Å². The standard InChI is InChI=1S/C25H22ClN5O3/c1-34-20-12-19(28)18(26)11-16(20)24(32)30-23-25(33)31-8-7-14-9-15(27)10-17(22(14)31)21(29-23)13-5-3-2-4-6-13/h2-6,9-12,23H,7-8,27-28H2,1H3,(H,30,32)/t23-/m0/s1. The first kappa shape index (κ1) is 21.8. The Morgan fingerprint density at radius 3 is 2.68 bits per heavy atom. The van der Waals surface area contributed by atoms with Crippen molar-refractivity contribution < 1.29 is 14.3 Å². The third kappa shape index (κ3) is 3.62. The minimum Gasteiger partial charge on any atom is -0.496 e. The molecule has 2 heterocycles. The summed E-state index contributed by atoms with van der Waals surface area (Å²) in [4.78, 5) is 33.2. The van der Waals surface area contributed by atoms with E-state index in [0.29, 0.717) is 24.4 Å². The van der Waals surface area contributed by atoms with Crippen LogP contribution in [0.1, 0.15) is 27.0 Å². The zero-order valence-corrected chi connectivity index (χ0v) is 19.1. The molecule has 2 amide bonds. The topological polar surface area (TPSA) is 123 Å². The fraction of sp³-hybridized carbons (Fsp3) is 0.160. The maximum absolute atomic E-state index is 13.6. The number of amides is 2. The van der Waals surface area contributed by atoms with Gasteiger partial charge in [0, 0.05) is 29.4 Å². The largest absolute Gasteiger partial charge is 0.496 e. The van der Waals surface area contributed by atoms with Crippen molar-refractivity contribution in [1.29, 1.82) is 0 Å². The van der Waals surface area contributed by atoms with Crippen LogP contribution in [0.15, 0.2) is 59.6 Å². The second-order valence-corrected chi connectivity index (χ2v) is 8.52. The molecule has 0 radical (unpaired) electrons. The molecule has 0 spiro atoms. The summed E-state index contributed by atoms with van der Waals surface area (Å²) in [7, 11) is 1.43. The third-order valence-corrected chi connectivity index (χ3v) is 6.30. The summed E-state index contributed by atoms with van der Waals surface area (Å²) in [5.74, 6) is -0.644. The summed E-state index contributed by atoms with van der Waals surface area (Å²) in [6.45, 7) is 0.478. The van der Waals surface area contributed by atoms with Gasteiger partial charge in [-0.05, 0) is 30.2 Å². The number of methoxy groups -OCH3 is 1. The molecule has 0 aromatic heterocycles. The van der Waals surface area contributed by atoms with E-state index in [1.54, 1.807) is 4.90 Å². The first-order valence-corrected chi connectivity index (χ1v) is 11.1. The Labute approximate surface area is 201 Å². The van der Waals surface area contributed by atoms with Crippen LogP contribution in [-0.4, -0.2) is 37.3 Å². The molecule has 2 aliphatic heterocycles. The number of nitrogen functional groups attached to an aromatic ring is 2. The van der Waals surface area contributed by atoms with Gasteiger partial charge in [0.05, 0.1) is 34.8 Å². The molecule has 2 aliphatic rings. The number of carbonyl (C=O) groups is 2. The number of benzene rings is 3. The summed E-state index contributed by atoms with van der Waals surface area (Å²) in [6, 6.07) is 16.1. The minimum atomic E-state index is -1.16. The summed E-state index contributed by atoms with van der Waals surface area (Å²) in [5.41, 5.74) is 17.0. The number of hydrogen-bond acceptors (Lipinski definition) is 6. The van der Waals surface area contributed by atoms with Crippen molar-refractivity contribution in [2.75, 3.05) is 30.0 Å². The maximum Gasteiger partial charge on any atom is 0.272 e. The first-order chi connectivity index (χ1) is 16.4. The normalized spacial score (nSPS) is 16.5. The first-order valence-electron chi connectivity index (χ1n) is 10.7. The highest BCUT2D eigenvalue weighted by atomic mass is 35.5. The predicted molar refractivity (Wildman–Crippen MR) is 133 cm³/mol. The molecule has 0 fully saturated rings. The van der Waals surface area contributed by atoms with Gasteiger partial charge in [0.15, 0.2) is 0 Å². The van der Waals surface area contributed by atoms with E-state index in [9.17, 15) is 9.59 Å². The van der Waals surface area contributed by atoms with Crippen molar-refractivity contribution in [3.63, 3.8) is 0 Å². The van der Waals surface area contributed by atoms with E-state index < -0.39 is 12.1 Å². The fourth-order valence-corrected chi connectivity index (χ4v) is 4.58.